The fourth-order valence-corrected chi connectivity index (χ4v) is 2.73. The Balaban J connectivity index is 1.52. The summed E-state index contributed by atoms with van der Waals surface area (Å²) in [6, 6.07) is 9.00. The first-order valence-electron chi connectivity index (χ1n) is 7.21. The van der Waals surface area contributed by atoms with Gasteiger partial charge in [0.25, 0.3) is 0 Å². The van der Waals surface area contributed by atoms with Crippen LogP contribution in [0.5, 0.6) is 5.75 Å². The lowest BCUT2D eigenvalue weighted by atomic mass is 9.76. The van der Waals surface area contributed by atoms with Crippen molar-refractivity contribution in [3.05, 3.63) is 42.2 Å². The number of hydrogen-bond acceptors (Lipinski definition) is 3. The third-order valence-electron chi connectivity index (χ3n) is 4.05. The van der Waals surface area contributed by atoms with Crippen LogP contribution in [0.1, 0.15) is 31.2 Å². The fourth-order valence-electron chi connectivity index (χ4n) is 2.73. The molecule has 0 radical (unpaired) electrons. The van der Waals surface area contributed by atoms with E-state index in [2.05, 4.69) is 35.7 Å². The molecule has 4 heteroatoms. The summed E-state index contributed by atoms with van der Waals surface area (Å²) in [5.74, 6) is 1.59. The molecule has 0 unspecified atom stereocenters. The third kappa shape index (κ3) is 2.64. The van der Waals surface area contributed by atoms with Gasteiger partial charge in [0.15, 0.2) is 0 Å². The van der Waals surface area contributed by atoms with Crippen molar-refractivity contribution >= 4 is 5.69 Å². The van der Waals surface area contributed by atoms with E-state index in [-0.39, 0.29) is 0 Å². The number of hydrogen-bond donors (Lipinski definition) is 1. The molecule has 0 saturated heterocycles. The number of methoxy groups -OCH3 is 1. The number of nitrogens with one attached hydrogen (secondary N) is 1. The summed E-state index contributed by atoms with van der Waals surface area (Å²) >= 11 is 0. The van der Waals surface area contributed by atoms with E-state index >= 15 is 0 Å². The summed E-state index contributed by atoms with van der Waals surface area (Å²) in [5, 5.41) is 7.83. The molecule has 0 amide bonds. The first-order valence-corrected chi connectivity index (χ1v) is 7.21. The molecular formula is C16H21N3O. The highest BCUT2D eigenvalue weighted by Gasteiger charge is 2.30. The highest BCUT2D eigenvalue weighted by molar-refractivity contribution is 5.41. The van der Waals surface area contributed by atoms with Gasteiger partial charge in [-0.25, -0.2) is 0 Å². The van der Waals surface area contributed by atoms with E-state index in [0.29, 0.717) is 12.0 Å². The molecule has 1 aromatic heterocycles. The maximum absolute atomic E-state index is 5.19. The number of aryl methyl sites for hydroxylation is 1. The van der Waals surface area contributed by atoms with Crippen molar-refractivity contribution < 1.29 is 4.74 Å². The van der Waals surface area contributed by atoms with Crippen molar-refractivity contribution in [3.63, 3.8) is 0 Å². The average Bonchev–Trinajstić information content (AvgIpc) is 2.90. The van der Waals surface area contributed by atoms with Crippen molar-refractivity contribution in [3.8, 4) is 5.75 Å². The van der Waals surface area contributed by atoms with Gasteiger partial charge in [-0.15, -0.1) is 0 Å². The molecule has 106 valence electrons. The van der Waals surface area contributed by atoms with Crippen molar-refractivity contribution in [2.45, 2.75) is 38.3 Å². The smallest absolute Gasteiger partial charge is 0.118 e. The summed E-state index contributed by atoms with van der Waals surface area (Å²) in [6.45, 7) is 3.01. The van der Waals surface area contributed by atoms with Gasteiger partial charge in [-0.3, -0.25) is 4.68 Å². The molecule has 1 heterocycles. The van der Waals surface area contributed by atoms with Crippen LogP contribution in [0.25, 0.3) is 0 Å². The Kier molecular flexibility index (Phi) is 3.63. The lowest BCUT2D eigenvalue weighted by Crippen LogP contribution is -2.33. The van der Waals surface area contributed by atoms with Crippen LogP contribution in [0, 0.1) is 0 Å². The third-order valence-corrected chi connectivity index (χ3v) is 4.05. The Morgan fingerprint density at radius 3 is 2.65 bits per heavy atom. The highest BCUT2D eigenvalue weighted by Crippen LogP contribution is 2.38. The first-order chi connectivity index (χ1) is 9.78. The quantitative estimate of drug-likeness (QED) is 0.907. The highest BCUT2D eigenvalue weighted by atomic mass is 16.5. The Morgan fingerprint density at radius 2 is 2.05 bits per heavy atom. The molecule has 4 nitrogen and oxygen atoms in total. The van der Waals surface area contributed by atoms with Crippen molar-refractivity contribution in [1.82, 2.24) is 9.78 Å². The van der Waals surface area contributed by atoms with Gasteiger partial charge < -0.3 is 10.1 Å². The van der Waals surface area contributed by atoms with Gasteiger partial charge in [0.2, 0.25) is 0 Å². The number of aromatic nitrogens is 2. The molecular weight excluding hydrogens is 250 g/mol. The van der Waals surface area contributed by atoms with Gasteiger partial charge in [-0.05, 0) is 43.4 Å². The largest absolute Gasteiger partial charge is 0.497 e. The van der Waals surface area contributed by atoms with Crippen LogP contribution in [0.2, 0.25) is 0 Å². The second kappa shape index (κ2) is 5.57. The first kappa shape index (κ1) is 13.0. The predicted octanol–water partition coefficient (Wildman–Crippen LogP) is 3.27. The number of nitrogens with zero attached hydrogens (tertiary/aromatic N) is 2. The van der Waals surface area contributed by atoms with E-state index in [1.807, 2.05) is 23.0 Å². The summed E-state index contributed by atoms with van der Waals surface area (Å²) in [5.41, 5.74) is 2.54. The molecule has 1 aliphatic carbocycles. The van der Waals surface area contributed by atoms with Gasteiger partial charge in [-0.1, -0.05) is 12.1 Å². The SMILES string of the molecule is CCn1cc(NC2CC(c3ccc(OC)cc3)C2)cn1. The molecule has 1 aliphatic rings. The lowest BCUT2D eigenvalue weighted by Gasteiger charge is -2.36. The number of benzene rings is 1. The molecule has 3 rings (SSSR count). The lowest BCUT2D eigenvalue weighted by molar-refractivity contribution is 0.373. The molecule has 1 fully saturated rings. The van der Waals surface area contributed by atoms with Crippen LogP contribution in [0.4, 0.5) is 5.69 Å². The van der Waals surface area contributed by atoms with Crippen LogP contribution in [0.3, 0.4) is 0 Å². The van der Waals surface area contributed by atoms with Crippen LogP contribution in [-0.2, 0) is 6.54 Å². The monoisotopic (exact) mass is 271 g/mol. The summed E-state index contributed by atoms with van der Waals surface area (Å²) in [6.07, 6.45) is 6.35. The Hall–Kier alpha value is -1.97. The molecule has 0 spiro atoms. The van der Waals surface area contributed by atoms with E-state index in [1.54, 1.807) is 7.11 Å². The molecule has 0 atom stereocenters. The Bertz CT molecular complexity index is 555. The van der Waals surface area contributed by atoms with E-state index < -0.39 is 0 Å². The van der Waals surface area contributed by atoms with Crippen molar-refractivity contribution in [2.24, 2.45) is 0 Å². The molecule has 1 saturated carbocycles. The molecule has 1 N–H and O–H groups in total. The molecule has 0 bridgehead atoms. The van der Waals surface area contributed by atoms with Crippen LogP contribution < -0.4 is 10.1 Å². The fraction of sp³-hybridized carbons (Fsp3) is 0.438. The maximum atomic E-state index is 5.19. The summed E-state index contributed by atoms with van der Waals surface area (Å²) in [7, 11) is 1.70. The van der Waals surface area contributed by atoms with Gasteiger partial charge in [0.05, 0.1) is 19.0 Å². The normalized spacial score (nSPS) is 21.3. The zero-order chi connectivity index (χ0) is 13.9. The number of anilines is 1. The van der Waals surface area contributed by atoms with Crippen LogP contribution >= 0.6 is 0 Å². The summed E-state index contributed by atoms with van der Waals surface area (Å²) < 4.78 is 7.14. The summed E-state index contributed by atoms with van der Waals surface area (Å²) in [4.78, 5) is 0. The van der Waals surface area contributed by atoms with Gasteiger partial charge in [0, 0.05) is 18.8 Å². The molecule has 0 aliphatic heterocycles. The van der Waals surface area contributed by atoms with Crippen molar-refractivity contribution in [1.29, 1.82) is 0 Å². The Labute approximate surface area is 119 Å². The number of rotatable bonds is 5. The standard InChI is InChI=1S/C16H21N3O/c1-3-19-11-15(10-17-19)18-14-8-13(9-14)12-4-6-16(20-2)7-5-12/h4-7,10-11,13-14,18H,3,8-9H2,1-2H3. The minimum atomic E-state index is 0.566. The molecule has 2 aromatic rings. The number of ether oxygens (including phenoxy) is 1. The second-order valence-electron chi connectivity index (χ2n) is 5.37. The van der Waals surface area contributed by atoms with E-state index in [1.165, 1.54) is 18.4 Å². The zero-order valence-electron chi connectivity index (χ0n) is 12.0. The van der Waals surface area contributed by atoms with E-state index in [0.717, 1.165) is 18.0 Å². The molecule has 20 heavy (non-hydrogen) atoms. The van der Waals surface area contributed by atoms with Gasteiger partial charge in [0.1, 0.15) is 5.75 Å². The predicted molar refractivity (Wildman–Crippen MR) is 80.3 cm³/mol. The van der Waals surface area contributed by atoms with E-state index in [9.17, 15) is 0 Å². The Morgan fingerprint density at radius 1 is 1.30 bits per heavy atom. The van der Waals surface area contributed by atoms with Gasteiger partial charge >= 0.3 is 0 Å². The maximum Gasteiger partial charge on any atom is 0.118 e. The minimum absolute atomic E-state index is 0.566. The second-order valence-corrected chi connectivity index (χ2v) is 5.37. The van der Waals surface area contributed by atoms with E-state index in [4.69, 9.17) is 4.74 Å². The zero-order valence-corrected chi connectivity index (χ0v) is 12.0. The average molecular weight is 271 g/mol. The van der Waals surface area contributed by atoms with Crippen LogP contribution in [0.15, 0.2) is 36.7 Å². The van der Waals surface area contributed by atoms with Gasteiger partial charge in [-0.2, -0.15) is 5.10 Å². The van der Waals surface area contributed by atoms with Crippen molar-refractivity contribution in [2.75, 3.05) is 12.4 Å². The van der Waals surface area contributed by atoms with Crippen LogP contribution in [-0.4, -0.2) is 22.9 Å². The molecule has 1 aromatic carbocycles. The minimum Gasteiger partial charge on any atom is -0.497 e. The topological polar surface area (TPSA) is 39.1 Å².